The second-order valence-electron chi connectivity index (χ2n) is 10.6. The minimum Gasteiger partial charge on any atom is -0.478 e. The maximum absolute atomic E-state index is 13.0. The fraction of sp³-hybridized carbons (Fsp3) is 0.226. The van der Waals surface area contributed by atoms with E-state index >= 15 is 0 Å². The highest BCUT2D eigenvalue weighted by Gasteiger charge is 2.17. The summed E-state index contributed by atoms with van der Waals surface area (Å²) in [7, 11) is 1.64. The number of anilines is 3. The van der Waals surface area contributed by atoms with E-state index < -0.39 is 5.97 Å². The number of benzene rings is 3. The number of nitrogens with zero attached hydrogens (tertiary/aromatic N) is 2. The molecule has 0 spiro atoms. The first-order valence-electron chi connectivity index (χ1n) is 12.6. The largest absolute Gasteiger partial charge is 0.478 e. The van der Waals surface area contributed by atoms with Crippen LogP contribution in [0.15, 0.2) is 71.7 Å². The van der Waals surface area contributed by atoms with Crippen LogP contribution in [-0.2, 0) is 12.5 Å². The number of hydrogen-bond donors (Lipinski definition) is 3. The Bertz CT molecular complexity index is 1630. The fourth-order valence-electron chi connectivity index (χ4n) is 4.30. The van der Waals surface area contributed by atoms with Crippen molar-refractivity contribution in [3.8, 4) is 11.3 Å². The number of aromatic nitrogens is 2. The van der Waals surface area contributed by atoms with Gasteiger partial charge in [0.05, 0.1) is 11.3 Å². The van der Waals surface area contributed by atoms with Gasteiger partial charge in [-0.3, -0.25) is 9.59 Å². The molecule has 8 heteroatoms. The molecule has 0 atom stereocenters. The summed E-state index contributed by atoms with van der Waals surface area (Å²) in [4.78, 5) is 41.8. The van der Waals surface area contributed by atoms with E-state index in [1.165, 1.54) is 10.6 Å². The smallest absolute Gasteiger partial charge is 0.335 e. The van der Waals surface area contributed by atoms with Gasteiger partial charge < -0.3 is 20.3 Å². The van der Waals surface area contributed by atoms with Crippen molar-refractivity contribution in [3.05, 3.63) is 105 Å². The van der Waals surface area contributed by atoms with Crippen LogP contribution >= 0.6 is 0 Å². The lowest BCUT2D eigenvalue weighted by Gasteiger charge is -2.19. The Morgan fingerprint density at radius 1 is 0.974 bits per heavy atom. The van der Waals surface area contributed by atoms with E-state index in [1.807, 2.05) is 49.4 Å². The number of carbonyl (C=O) groups is 2. The zero-order chi connectivity index (χ0) is 28.5. The highest BCUT2D eigenvalue weighted by atomic mass is 16.4. The van der Waals surface area contributed by atoms with Crippen LogP contribution in [0.1, 0.15) is 58.2 Å². The lowest BCUT2D eigenvalue weighted by atomic mass is 9.86. The van der Waals surface area contributed by atoms with E-state index in [4.69, 9.17) is 0 Å². The van der Waals surface area contributed by atoms with E-state index in [1.54, 1.807) is 32.3 Å². The first-order valence-corrected chi connectivity index (χ1v) is 12.6. The highest BCUT2D eigenvalue weighted by Crippen LogP contribution is 2.29. The van der Waals surface area contributed by atoms with Crippen molar-refractivity contribution in [3.63, 3.8) is 0 Å². The van der Waals surface area contributed by atoms with Crippen LogP contribution in [-0.4, -0.2) is 26.5 Å². The molecule has 4 rings (SSSR count). The summed E-state index contributed by atoms with van der Waals surface area (Å²) in [6, 6.07) is 17.9. The lowest BCUT2D eigenvalue weighted by Crippen LogP contribution is -2.21. The Labute approximate surface area is 227 Å². The SMILES string of the molecule is Cc1cc(Nc2nc(-c3cccc(NC(=O)c4ccc(C(C)(C)C)cc4)c3C)cn(C)c2=O)ccc1C(=O)O. The summed E-state index contributed by atoms with van der Waals surface area (Å²) < 4.78 is 1.44. The first kappa shape index (κ1) is 27.3. The molecule has 0 aliphatic carbocycles. The van der Waals surface area contributed by atoms with Gasteiger partial charge >= 0.3 is 5.97 Å². The van der Waals surface area contributed by atoms with Gasteiger partial charge in [-0.25, -0.2) is 9.78 Å². The molecule has 200 valence electrons. The predicted octanol–water partition coefficient (Wildman–Crippen LogP) is 6.06. The zero-order valence-corrected chi connectivity index (χ0v) is 22.9. The molecule has 1 amide bonds. The fourth-order valence-corrected chi connectivity index (χ4v) is 4.30. The predicted molar refractivity (Wildman–Crippen MR) is 154 cm³/mol. The second-order valence-corrected chi connectivity index (χ2v) is 10.6. The number of aromatic carboxylic acids is 1. The van der Waals surface area contributed by atoms with Crippen LogP contribution in [0.2, 0.25) is 0 Å². The molecule has 0 unspecified atom stereocenters. The van der Waals surface area contributed by atoms with Crippen molar-refractivity contribution in [2.75, 3.05) is 10.6 Å². The van der Waals surface area contributed by atoms with E-state index in [0.717, 1.165) is 16.7 Å². The molecule has 1 heterocycles. The van der Waals surface area contributed by atoms with Crippen LogP contribution in [0.3, 0.4) is 0 Å². The van der Waals surface area contributed by atoms with Crippen molar-refractivity contribution in [2.45, 2.75) is 40.0 Å². The van der Waals surface area contributed by atoms with Gasteiger partial charge in [0.25, 0.3) is 11.5 Å². The minimum atomic E-state index is -1.01. The van der Waals surface area contributed by atoms with E-state index in [-0.39, 0.29) is 28.3 Å². The molecule has 3 aromatic carbocycles. The third-order valence-electron chi connectivity index (χ3n) is 6.66. The van der Waals surface area contributed by atoms with Gasteiger partial charge in [-0.2, -0.15) is 0 Å². The van der Waals surface area contributed by atoms with Gasteiger partial charge in [-0.15, -0.1) is 0 Å². The zero-order valence-electron chi connectivity index (χ0n) is 22.9. The number of carboxylic acid groups (broad SMARTS) is 1. The molecular weight excluding hydrogens is 492 g/mol. The Kier molecular flexibility index (Phi) is 7.40. The van der Waals surface area contributed by atoms with Crippen molar-refractivity contribution in [1.82, 2.24) is 9.55 Å². The Morgan fingerprint density at radius 2 is 1.67 bits per heavy atom. The van der Waals surface area contributed by atoms with Crippen LogP contribution in [0.5, 0.6) is 0 Å². The molecule has 0 saturated heterocycles. The summed E-state index contributed by atoms with van der Waals surface area (Å²) in [5.74, 6) is -1.13. The van der Waals surface area contributed by atoms with Crippen molar-refractivity contribution in [2.24, 2.45) is 7.05 Å². The Hall–Kier alpha value is -4.72. The standard InChI is InChI=1S/C31H32N4O4/c1-18-16-22(14-15-23(18)30(38)39)32-27-29(37)35(6)17-26(33-27)24-8-7-9-25(19(24)2)34-28(36)20-10-12-21(13-11-20)31(3,4)5/h7-17H,1-6H3,(H,32,33)(H,34,36)(H,38,39). The Morgan fingerprint density at radius 3 is 2.28 bits per heavy atom. The number of aryl methyl sites for hydroxylation is 2. The molecule has 4 aromatic rings. The van der Waals surface area contributed by atoms with Gasteiger partial charge in [-0.1, -0.05) is 45.0 Å². The van der Waals surface area contributed by atoms with Gasteiger partial charge in [0, 0.05) is 35.7 Å². The molecule has 0 bridgehead atoms. The molecule has 0 saturated carbocycles. The molecule has 0 aliphatic heterocycles. The molecule has 0 fully saturated rings. The van der Waals surface area contributed by atoms with Crippen LogP contribution < -0.4 is 16.2 Å². The van der Waals surface area contributed by atoms with E-state index in [2.05, 4.69) is 36.4 Å². The maximum atomic E-state index is 13.0. The average molecular weight is 525 g/mol. The summed E-state index contributed by atoms with van der Waals surface area (Å²) in [6.45, 7) is 9.96. The number of carbonyl (C=O) groups excluding carboxylic acids is 1. The van der Waals surface area contributed by atoms with Crippen LogP contribution in [0, 0.1) is 13.8 Å². The molecule has 39 heavy (non-hydrogen) atoms. The first-order chi connectivity index (χ1) is 18.3. The van der Waals surface area contributed by atoms with Gasteiger partial charge in [0.2, 0.25) is 0 Å². The normalized spacial score (nSPS) is 11.2. The maximum Gasteiger partial charge on any atom is 0.335 e. The van der Waals surface area contributed by atoms with Gasteiger partial charge in [0.1, 0.15) is 0 Å². The molecule has 3 N–H and O–H groups in total. The molecule has 0 radical (unpaired) electrons. The number of amides is 1. The van der Waals surface area contributed by atoms with Crippen molar-refractivity contribution >= 4 is 29.1 Å². The quantitative estimate of drug-likeness (QED) is 0.283. The number of carboxylic acids is 1. The molecular formula is C31H32N4O4. The summed E-state index contributed by atoms with van der Waals surface area (Å²) >= 11 is 0. The minimum absolute atomic E-state index is 0.00281. The second kappa shape index (κ2) is 10.6. The average Bonchev–Trinajstić information content (AvgIpc) is 2.87. The number of hydrogen-bond acceptors (Lipinski definition) is 5. The van der Waals surface area contributed by atoms with Gasteiger partial charge in [-0.05, 0) is 72.4 Å². The molecule has 0 aliphatic rings. The summed E-state index contributed by atoms with van der Waals surface area (Å²) in [5, 5.41) is 15.3. The third-order valence-corrected chi connectivity index (χ3v) is 6.66. The topological polar surface area (TPSA) is 113 Å². The van der Waals surface area contributed by atoms with Gasteiger partial charge in [0.15, 0.2) is 5.82 Å². The monoisotopic (exact) mass is 524 g/mol. The van der Waals surface area contributed by atoms with Crippen LogP contribution in [0.4, 0.5) is 17.2 Å². The number of rotatable bonds is 6. The third kappa shape index (κ3) is 5.90. The summed E-state index contributed by atoms with van der Waals surface area (Å²) in [5.41, 5.74) is 5.42. The highest BCUT2D eigenvalue weighted by molar-refractivity contribution is 6.05. The Balaban J connectivity index is 1.63. The summed E-state index contributed by atoms with van der Waals surface area (Å²) in [6.07, 6.45) is 1.64. The number of nitrogens with one attached hydrogen (secondary N) is 2. The lowest BCUT2D eigenvalue weighted by molar-refractivity contribution is 0.0696. The molecule has 1 aromatic heterocycles. The van der Waals surface area contributed by atoms with E-state index in [9.17, 15) is 19.5 Å². The molecule has 8 nitrogen and oxygen atoms in total. The van der Waals surface area contributed by atoms with Crippen LogP contribution in [0.25, 0.3) is 11.3 Å². The van der Waals surface area contributed by atoms with Crippen molar-refractivity contribution in [1.29, 1.82) is 0 Å². The van der Waals surface area contributed by atoms with Crippen molar-refractivity contribution < 1.29 is 14.7 Å². The van der Waals surface area contributed by atoms with E-state index in [0.29, 0.717) is 28.2 Å².